The van der Waals surface area contributed by atoms with Gasteiger partial charge in [0.1, 0.15) is 22.4 Å². The molecule has 1 aliphatic heterocycles. The van der Waals surface area contributed by atoms with Crippen LogP contribution in [0.5, 0.6) is 5.75 Å². The van der Waals surface area contributed by atoms with Crippen molar-refractivity contribution in [2.24, 2.45) is 0 Å². The Bertz CT molecular complexity index is 946. The minimum Gasteiger partial charge on any atom is -0.489 e. The van der Waals surface area contributed by atoms with Crippen LogP contribution in [0.4, 0.5) is 0 Å². The molecule has 2 heterocycles. The van der Waals surface area contributed by atoms with Crippen molar-refractivity contribution < 1.29 is 24.0 Å². The largest absolute Gasteiger partial charge is 0.489 e. The highest BCUT2D eigenvalue weighted by Gasteiger charge is 2.31. The van der Waals surface area contributed by atoms with Crippen LogP contribution in [0, 0.1) is 13.8 Å². The monoisotopic (exact) mass is 432 g/mol. The van der Waals surface area contributed by atoms with Crippen molar-refractivity contribution in [3.05, 3.63) is 51.8 Å². The van der Waals surface area contributed by atoms with E-state index in [1.54, 1.807) is 6.08 Å². The van der Waals surface area contributed by atoms with E-state index >= 15 is 0 Å². The van der Waals surface area contributed by atoms with Gasteiger partial charge in [-0.3, -0.25) is 14.5 Å². The first-order valence-electron chi connectivity index (χ1n) is 8.97. The van der Waals surface area contributed by atoms with Gasteiger partial charge in [0.25, 0.3) is 5.91 Å². The van der Waals surface area contributed by atoms with Crippen LogP contribution < -0.4 is 4.74 Å². The summed E-state index contributed by atoms with van der Waals surface area (Å²) in [4.78, 5) is 25.1. The molecule has 1 saturated heterocycles. The molecular formula is C20H20N2O5S2. The molecule has 0 radical (unpaired) electrons. The number of carbonyl (C=O) groups excluding carboxylic acids is 1. The highest BCUT2D eigenvalue weighted by atomic mass is 32.2. The molecule has 1 aliphatic rings. The zero-order valence-electron chi connectivity index (χ0n) is 16.0. The lowest BCUT2D eigenvalue weighted by atomic mass is 10.2. The highest BCUT2D eigenvalue weighted by Crippen LogP contribution is 2.33. The second-order valence-electron chi connectivity index (χ2n) is 6.49. The Hall–Kier alpha value is -2.65. The normalized spacial score (nSPS) is 15.4. The molecule has 1 aromatic heterocycles. The van der Waals surface area contributed by atoms with Crippen LogP contribution in [0.2, 0.25) is 0 Å². The van der Waals surface area contributed by atoms with Crippen LogP contribution >= 0.6 is 24.0 Å². The minimum atomic E-state index is -0.886. The Labute approximate surface area is 177 Å². The zero-order valence-corrected chi connectivity index (χ0v) is 17.6. The van der Waals surface area contributed by atoms with Gasteiger partial charge in [-0.2, -0.15) is 0 Å². The number of thioether (sulfide) groups is 1. The van der Waals surface area contributed by atoms with Crippen molar-refractivity contribution in [2.75, 3.05) is 6.54 Å². The molecular weight excluding hydrogens is 412 g/mol. The summed E-state index contributed by atoms with van der Waals surface area (Å²) in [6.45, 7) is 4.40. The maximum Gasteiger partial charge on any atom is 0.303 e. The molecule has 0 aliphatic carbocycles. The van der Waals surface area contributed by atoms with Gasteiger partial charge in [0, 0.05) is 13.0 Å². The molecule has 1 fully saturated rings. The number of carbonyl (C=O) groups is 2. The van der Waals surface area contributed by atoms with E-state index in [0.29, 0.717) is 34.5 Å². The van der Waals surface area contributed by atoms with Gasteiger partial charge < -0.3 is 14.4 Å². The number of nitrogens with zero attached hydrogens (tertiary/aromatic N) is 2. The molecule has 0 unspecified atom stereocenters. The number of carboxylic acids is 1. The predicted octanol–water partition coefficient (Wildman–Crippen LogP) is 3.94. The summed E-state index contributed by atoms with van der Waals surface area (Å²) in [6, 6.07) is 7.38. The third-order valence-corrected chi connectivity index (χ3v) is 5.77. The molecule has 1 aromatic carbocycles. The standard InChI is InChI=1S/C20H20N2O5S2/c1-12-16(13(2)27-21-12)11-26-15-7-5-14(6-8-15)10-17-19(25)22(20(28)29-17)9-3-4-18(23)24/h5-8,10H,3-4,9,11H2,1-2H3,(H,23,24)/b17-10-. The number of hydrogen-bond donors (Lipinski definition) is 1. The van der Waals surface area contributed by atoms with E-state index in [1.165, 1.54) is 16.7 Å². The summed E-state index contributed by atoms with van der Waals surface area (Å²) in [6.07, 6.45) is 2.15. The molecule has 7 nitrogen and oxygen atoms in total. The summed E-state index contributed by atoms with van der Waals surface area (Å²) < 4.78 is 11.4. The molecule has 29 heavy (non-hydrogen) atoms. The quantitative estimate of drug-likeness (QED) is 0.495. The Balaban J connectivity index is 1.61. The number of hydrogen-bond acceptors (Lipinski definition) is 7. The topological polar surface area (TPSA) is 92.9 Å². The van der Waals surface area contributed by atoms with Crippen LogP contribution in [-0.2, 0) is 16.2 Å². The van der Waals surface area contributed by atoms with Gasteiger partial charge in [-0.15, -0.1) is 0 Å². The van der Waals surface area contributed by atoms with Crippen molar-refractivity contribution in [2.45, 2.75) is 33.3 Å². The molecule has 152 valence electrons. The predicted molar refractivity (Wildman–Crippen MR) is 113 cm³/mol. The number of aliphatic carboxylic acids is 1. The van der Waals surface area contributed by atoms with Crippen LogP contribution in [0.15, 0.2) is 33.7 Å². The number of thiocarbonyl (C=S) groups is 1. The van der Waals surface area contributed by atoms with Gasteiger partial charge in [0.2, 0.25) is 0 Å². The van der Waals surface area contributed by atoms with Gasteiger partial charge >= 0.3 is 5.97 Å². The zero-order chi connectivity index (χ0) is 21.0. The van der Waals surface area contributed by atoms with Crippen LogP contribution in [0.3, 0.4) is 0 Å². The van der Waals surface area contributed by atoms with Crippen molar-refractivity contribution in [3.63, 3.8) is 0 Å². The second-order valence-corrected chi connectivity index (χ2v) is 8.17. The van der Waals surface area contributed by atoms with E-state index in [9.17, 15) is 9.59 Å². The first-order valence-corrected chi connectivity index (χ1v) is 10.2. The number of aryl methyl sites for hydroxylation is 2. The van der Waals surface area contributed by atoms with Gasteiger partial charge in [-0.05, 0) is 44.0 Å². The van der Waals surface area contributed by atoms with Gasteiger partial charge in [-0.1, -0.05) is 41.3 Å². The van der Waals surface area contributed by atoms with Crippen molar-refractivity contribution >= 4 is 46.3 Å². The Morgan fingerprint density at radius 3 is 2.69 bits per heavy atom. The molecule has 1 N–H and O–H groups in total. The fourth-order valence-corrected chi connectivity index (χ4v) is 4.06. The van der Waals surface area contributed by atoms with E-state index < -0.39 is 5.97 Å². The summed E-state index contributed by atoms with van der Waals surface area (Å²) >= 11 is 6.48. The molecule has 0 atom stereocenters. The fraction of sp³-hybridized carbons (Fsp3) is 0.300. The van der Waals surface area contributed by atoms with Crippen molar-refractivity contribution in [3.8, 4) is 5.75 Å². The first-order chi connectivity index (χ1) is 13.8. The molecule has 2 aromatic rings. The highest BCUT2D eigenvalue weighted by molar-refractivity contribution is 8.26. The lowest BCUT2D eigenvalue weighted by Crippen LogP contribution is -2.29. The SMILES string of the molecule is Cc1noc(C)c1COc1ccc(/C=C2\SC(=S)N(CCCC(=O)O)C2=O)cc1. The average Bonchev–Trinajstić information content (AvgIpc) is 3.14. The van der Waals surface area contributed by atoms with Gasteiger partial charge in [0.05, 0.1) is 16.2 Å². The van der Waals surface area contributed by atoms with E-state index in [2.05, 4.69) is 5.16 Å². The van der Waals surface area contributed by atoms with E-state index in [4.69, 9.17) is 26.6 Å². The summed E-state index contributed by atoms with van der Waals surface area (Å²) in [5, 5.41) is 12.6. The van der Waals surface area contributed by atoms with Crippen LogP contribution in [0.1, 0.15) is 35.4 Å². The van der Waals surface area contributed by atoms with Crippen molar-refractivity contribution in [1.82, 2.24) is 10.1 Å². The fourth-order valence-electron chi connectivity index (χ4n) is 2.76. The number of ether oxygens (including phenoxy) is 1. The van der Waals surface area contributed by atoms with E-state index in [1.807, 2.05) is 38.1 Å². The summed E-state index contributed by atoms with van der Waals surface area (Å²) in [7, 11) is 0. The van der Waals surface area contributed by atoms with Crippen molar-refractivity contribution in [1.29, 1.82) is 0 Å². The molecule has 0 bridgehead atoms. The Kier molecular flexibility index (Phi) is 6.71. The van der Waals surface area contributed by atoms with E-state index in [0.717, 1.165) is 22.6 Å². The van der Waals surface area contributed by atoms with Gasteiger partial charge in [-0.25, -0.2) is 0 Å². The molecule has 0 saturated carbocycles. The third kappa shape index (κ3) is 5.24. The molecule has 0 spiro atoms. The lowest BCUT2D eigenvalue weighted by Gasteiger charge is -2.13. The average molecular weight is 433 g/mol. The number of carboxylic acid groups (broad SMARTS) is 1. The minimum absolute atomic E-state index is 0.00546. The summed E-state index contributed by atoms with van der Waals surface area (Å²) in [5.41, 5.74) is 2.59. The maximum absolute atomic E-state index is 12.5. The maximum atomic E-state index is 12.5. The molecule has 1 amide bonds. The smallest absolute Gasteiger partial charge is 0.303 e. The van der Waals surface area contributed by atoms with Crippen LogP contribution in [0.25, 0.3) is 6.08 Å². The number of benzene rings is 1. The Morgan fingerprint density at radius 2 is 2.07 bits per heavy atom. The third-order valence-electron chi connectivity index (χ3n) is 4.39. The lowest BCUT2D eigenvalue weighted by molar-refractivity contribution is -0.137. The van der Waals surface area contributed by atoms with E-state index in [-0.39, 0.29) is 12.3 Å². The molecule has 9 heteroatoms. The van der Waals surface area contributed by atoms with Crippen LogP contribution in [-0.4, -0.2) is 37.9 Å². The van der Waals surface area contributed by atoms with Gasteiger partial charge in [0.15, 0.2) is 0 Å². The number of aromatic nitrogens is 1. The summed E-state index contributed by atoms with van der Waals surface area (Å²) in [5.74, 6) is 0.361. The number of amides is 1. The second kappa shape index (κ2) is 9.23. The Morgan fingerprint density at radius 1 is 1.34 bits per heavy atom. The number of rotatable bonds is 8. The molecule has 3 rings (SSSR count). The first kappa shape index (κ1) is 21.1.